The molecule has 3 rings (SSSR count). The Labute approximate surface area is 114 Å². The van der Waals surface area contributed by atoms with E-state index in [9.17, 15) is 0 Å². The number of nitrogens with zero attached hydrogens (tertiary/aromatic N) is 2. The van der Waals surface area contributed by atoms with Crippen LogP contribution in [-0.2, 0) is 0 Å². The van der Waals surface area contributed by atoms with Gasteiger partial charge in [0.1, 0.15) is 10.6 Å². The van der Waals surface area contributed by atoms with E-state index in [0.717, 1.165) is 26.4 Å². The lowest BCUT2D eigenvalue weighted by Crippen LogP contribution is -1.97. The molecule has 0 aliphatic carbocycles. The summed E-state index contributed by atoms with van der Waals surface area (Å²) in [5.41, 5.74) is 6.86. The molecule has 0 saturated heterocycles. The van der Waals surface area contributed by atoms with E-state index in [-0.39, 0.29) is 5.95 Å². The Kier molecular flexibility index (Phi) is 2.83. The predicted octanol–water partition coefficient (Wildman–Crippen LogP) is 3.68. The highest BCUT2D eigenvalue weighted by Crippen LogP contribution is 2.33. The molecule has 19 heavy (non-hydrogen) atoms. The average molecular weight is 271 g/mol. The lowest BCUT2D eigenvalue weighted by atomic mass is 10.2. The van der Waals surface area contributed by atoms with Crippen LogP contribution in [0.2, 0.25) is 0 Å². The molecule has 0 bridgehead atoms. The summed E-state index contributed by atoms with van der Waals surface area (Å²) < 4.78 is 5.84. The molecule has 0 atom stereocenters. The number of rotatable bonds is 2. The van der Waals surface area contributed by atoms with Crippen molar-refractivity contribution in [3.8, 4) is 11.6 Å². The molecule has 2 N–H and O–H groups in total. The molecule has 0 saturated carbocycles. The third kappa shape index (κ3) is 2.37. The molecule has 0 unspecified atom stereocenters. The quantitative estimate of drug-likeness (QED) is 0.772. The van der Waals surface area contributed by atoms with Gasteiger partial charge < -0.3 is 10.5 Å². The first-order chi connectivity index (χ1) is 9.11. The Bertz CT molecular complexity index is 752. The van der Waals surface area contributed by atoms with Crippen molar-refractivity contribution in [1.82, 2.24) is 9.97 Å². The largest absolute Gasteiger partial charge is 0.438 e. The maximum Gasteiger partial charge on any atom is 0.232 e. The lowest BCUT2D eigenvalue weighted by Gasteiger charge is -2.06. The van der Waals surface area contributed by atoms with Crippen LogP contribution >= 0.6 is 11.3 Å². The molecule has 1 aromatic carbocycles. The van der Waals surface area contributed by atoms with Gasteiger partial charge in [-0.25, -0.2) is 4.98 Å². The molecular weight excluding hydrogens is 258 g/mol. The fourth-order valence-electron chi connectivity index (χ4n) is 1.90. The van der Waals surface area contributed by atoms with E-state index in [0.29, 0.717) is 5.88 Å². The third-order valence-electron chi connectivity index (χ3n) is 2.70. The summed E-state index contributed by atoms with van der Waals surface area (Å²) in [6.07, 6.45) is 0. The number of fused-ring (bicyclic) bond motifs is 1. The van der Waals surface area contributed by atoms with E-state index in [4.69, 9.17) is 10.5 Å². The van der Waals surface area contributed by atoms with E-state index in [1.54, 1.807) is 11.3 Å². The number of benzene rings is 1. The highest BCUT2D eigenvalue weighted by atomic mass is 32.1. The second-order valence-corrected chi connectivity index (χ2v) is 5.62. The van der Waals surface area contributed by atoms with Crippen LogP contribution < -0.4 is 10.5 Å². The summed E-state index contributed by atoms with van der Waals surface area (Å²) in [4.78, 5) is 10.4. The minimum absolute atomic E-state index is 0.233. The van der Waals surface area contributed by atoms with Gasteiger partial charge in [-0.05, 0) is 37.6 Å². The standard InChI is InChI=1S/C14H13N3OS/c1-8-4-3-5-10(6-8)18-12-11-7-9(2)19-13(11)17-14(15)16-12/h3-7H,1-2H3,(H2,15,16,17). The van der Waals surface area contributed by atoms with E-state index in [2.05, 4.69) is 9.97 Å². The van der Waals surface area contributed by atoms with Crippen molar-refractivity contribution >= 4 is 27.5 Å². The van der Waals surface area contributed by atoms with Crippen LogP contribution in [0.1, 0.15) is 10.4 Å². The van der Waals surface area contributed by atoms with E-state index in [1.165, 1.54) is 0 Å². The van der Waals surface area contributed by atoms with E-state index < -0.39 is 0 Å². The van der Waals surface area contributed by atoms with Gasteiger partial charge in [-0.1, -0.05) is 12.1 Å². The van der Waals surface area contributed by atoms with Crippen LogP contribution in [0, 0.1) is 13.8 Å². The number of anilines is 1. The van der Waals surface area contributed by atoms with Crippen LogP contribution in [0.5, 0.6) is 11.6 Å². The zero-order chi connectivity index (χ0) is 13.4. The number of aromatic nitrogens is 2. The van der Waals surface area contributed by atoms with Crippen LogP contribution in [0.3, 0.4) is 0 Å². The zero-order valence-electron chi connectivity index (χ0n) is 10.7. The molecule has 0 aliphatic rings. The van der Waals surface area contributed by atoms with Crippen LogP contribution in [0.25, 0.3) is 10.2 Å². The highest BCUT2D eigenvalue weighted by molar-refractivity contribution is 7.18. The van der Waals surface area contributed by atoms with Crippen LogP contribution in [-0.4, -0.2) is 9.97 Å². The summed E-state index contributed by atoms with van der Waals surface area (Å²) >= 11 is 1.58. The number of hydrogen-bond acceptors (Lipinski definition) is 5. The fraction of sp³-hybridized carbons (Fsp3) is 0.143. The fourth-order valence-corrected chi connectivity index (χ4v) is 2.78. The van der Waals surface area contributed by atoms with E-state index in [1.807, 2.05) is 44.2 Å². The maximum absolute atomic E-state index is 5.84. The molecule has 4 nitrogen and oxygen atoms in total. The summed E-state index contributed by atoms with van der Waals surface area (Å²) in [5, 5.41) is 0.901. The SMILES string of the molecule is Cc1cccc(Oc2nc(N)nc3sc(C)cc23)c1. The summed E-state index contributed by atoms with van der Waals surface area (Å²) in [5.74, 6) is 1.50. The lowest BCUT2D eigenvalue weighted by molar-refractivity contribution is 0.469. The molecule has 96 valence electrons. The third-order valence-corrected chi connectivity index (χ3v) is 3.65. The molecular formula is C14H13N3OS. The van der Waals surface area contributed by atoms with Crippen molar-refractivity contribution in [2.75, 3.05) is 5.73 Å². The van der Waals surface area contributed by atoms with Crippen LogP contribution in [0.15, 0.2) is 30.3 Å². The smallest absolute Gasteiger partial charge is 0.232 e. The Morgan fingerprint density at radius 2 is 2.00 bits per heavy atom. The van der Waals surface area contributed by atoms with Crippen molar-refractivity contribution in [2.24, 2.45) is 0 Å². The molecule has 0 radical (unpaired) electrons. The number of nitrogen functional groups attached to an aromatic ring is 1. The topological polar surface area (TPSA) is 61.0 Å². The number of aryl methyl sites for hydroxylation is 2. The number of thiophene rings is 1. The molecule has 2 aromatic heterocycles. The van der Waals surface area contributed by atoms with Crippen molar-refractivity contribution < 1.29 is 4.74 Å². The monoisotopic (exact) mass is 271 g/mol. The van der Waals surface area contributed by atoms with Gasteiger partial charge in [-0.3, -0.25) is 0 Å². The summed E-state index contributed by atoms with van der Waals surface area (Å²) in [6.45, 7) is 4.05. The van der Waals surface area contributed by atoms with Crippen molar-refractivity contribution in [2.45, 2.75) is 13.8 Å². The summed E-state index contributed by atoms with van der Waals surface area (Å²) in [6, 6.07) is 9.85. The first-order valence-corrected chi connectivity index (χ1v) is 6.71. The molecule has 3 aromatic rings. The molecule has 5 heteroatoms. The number of ether oxygens (including phenoxy) is 1. The Balaban J connectivity index is 2.09. The highest BCUT2D eigenvalue weighted by Gasteiger charge is 2.11. The zero-order valence-corrected chi connectivity index (χ0v) is 11.5. The number of nitrogens with two attached hydrogens (primary N) is 1. The average Bonchev–Trinajstić information content (AvgIpc) is 2.69. The maximum atomic E-state index is 5.84. The van der Waals surface area contributed by atoms with Crippen molar-refractivity contribution in [3.05, 3.63) is 40.8 Å². The van der Waals surface area contributed by atoms with Gasteiger partial charge in [0, 0.05) is 4.88 Å². The Hall–Kier alpha value is -2.14. The Morgan fingerprint density at radius 3 is 2.79 bits per heavy atom. The van der Waals surface area contributed by atoms with Gasteiger partial charge in [0.15, 0.2) is 0 Å². The number of hydrogen-bond donors (Lipinski definition) is 1. The molecule has 0 spiro atoms. The Morgan fingerprint density at radius 1 is 1.16 bits per heavy atom. The van der Waals surface area contributed by atoms with Gasteiger partial charge in [0.25, 0.3) is 0 Å². The first-order valence-electron chi connectivity index (χ1n) is 5.90. The molecule has 2 heterocycles. The van der Waals surface area contributed by atoms with Crippen LogP contribution in [0.4, 0.5) is 5.95 Å². The molecule has 0 aliphatic heterocycles. The molecule has 0 amide bonds. The predicted molar refractivity (Wildman–Crippen MR) is 77.8 cm³/mol. The van der Waals surface area contributed by atoms with Crippen molar-refractivity contribution in [3.63, 3.8) is 0 Å². The van der Waals surface area contributed by atoms with Gasteiger partial charge in [-0.2, -0.15) is 4.98 Å². The van der Waals surface area contributed by atoms with Gasteiger partial charge in [-0.15, -0.1) is 11.3 Å². The normalized spacial score (nSPS) is 10.8. The van der Waals surface area contributed by atoms with Gasteiger partial charge >= 0.3 is 0 Å². The second-order valence-electron chi connectivity index (χ2n) is 4.38. The van der Waals surface area contributed by atoms with Gasteiger partial charge in [0.2, 0.25) is 11.8 Å². The first kappa shape index (κ1) is 11.9. The van der Waals surface area contributed by atoms with Gasteiger partial charge in [0.05, 0.1) is 5.39 Å². The second kappa shape index (κ2) is 4.51. The van der Waals surface area contributed by atoms with Crippen molar-refractivity contribution in [1.29, 1.82) is 0 Å². The van der Waals surface area contributed by atoms with E-state index >= 15 is 0 Å². The summed E-state index contributed by atoms with van der Waals surface area (Å²) in [7, 11) is 0. The molecule has 0 fully saturated rings. The minimum atomic E-state index is 0.233. The minimum Gasteiger partial charge on any atom is -0.438 e.